The highest BCUT2D eigenvalue weighted by molar-refractivity contribution is 7.99. The first-order chi connectivity index (χ1) is 9.29. The molecule has 1 aliphatic rings. The van der Waals surface area contributed by atoms with Crippen LogP contribution in [-0.2, 0) is 14.8 Å². The summed E-state index contributed by atoms with van der Waals surface area (Å²) in [5.74, 6) is 1.32. The van der Waals surface area contributed by atoms with Gasteiger partial charge < -0.3 is 11.1 Å². The van der Waals surface area contributed by atoms with Crippen LogP contribution in [0.3, 0.4) is 0 Å². The van der Waals surface area contributed by atoms with Gasteiger partial charge in [-0.15, -0.1) is 0 Å². The predicted molar refractivity (Wildman–Crippen MR) is 83.2 cm³/mol. The molecule has 1 fully saturated rings. The van der Waals surface area contributed by atoms with E-state index in [9.17, 15) is 13.2 Å². The topological polar surface area (TPSA) is 92.5 Å². The van der Waals surface area contributed by atoms with Gasteiger partial charge in [0.05, 0.1) is 11.3 Å². The molecule has 0 aromatic heterocycles. The summed E-state index contributed by atoms with van der Waals surface area (Å²) in [5, 5.41) is 2.63. The van der Waals surface area contributed by atoms with E-state index in [1.807, 2.05) is 6.92 Å². The number of carbonyl (C=O) groups excluding carboxylic acids is 1. The Bertz CT molecular complexity index is 418. The zero-order chi connectivity index (χ0) is 15.2. The van der Waals surface area contributed by atoms with E-state index in [2.05, 4.69) is 5.32 Å². The van der Waals surface area contributed by atoms with E-state index in [0.717, 1.165) is 17.9 Å². The quantitative estimate of drug-likeness (QED) is 0.688. The average Bonchev–Trinajstić information content (AvgIpc) is 2.39. The maximum atomic E-state index is 12.1. The largest absolute Gasteiger partial charge is 0.353 e. The van der Waals surface area contributed by atoms with Crippen LogP contribution in [0.5, 0.6) is 0 Å². The zero-order valence-electron chi connectivity index (χ0n) is 12.2. The predicted octanol–water partition coefficient (Wildman–Crippen LogP) is -0.00130. The second-order valence-corrected chi connectivity index (χ2v) is 8.56. The Morgan fingerprint density at radius 1 is 1.40 bits per heavy atom. The number of sulfonamides is 1. The van der Waals surface area contributed by atoms with Crippen LogP contribution in [0.15, 0.2) is 0 Å². The molecule has 20 heavy (non-hydrogen) atoms. The molecule has 3 N–H and O–H groups in total. The van der Waals surface area contributed by atoms with Crippen LogP contribution in [0, 0.1) is 0 Å². The van der Waals surface area contributed by atoms with Gasteiger partial charge in [0.1, 0.15) is 0 Å². The lowest BCUT2D eigenvalue weighted by Crippen LogP contribution is -2.52. The number of nitrogens with two attached hydrogens (primary N) is 1. The average molecular weight is 323 g/mol. The second-order valence-electron chi connectivity index (χ2n) is 5.25. The van der Waals surface area contributed by atoms with Crippen molar-refractivity contribution < 1.29 is 13.2 Å². The van der Waals surface area contributed by atoms with Gasteiger partial charge in [0, 0.05) is 31.1 Å². The van der Waals surface area contributed by atoms with Crippen LogP contribution in [0.25, 0.3) is 0 Å². The third-order valence-corrected chi connectivity index (χ3v) is 6.11. The van der Waals surface area contributed by atoms with Gasteiger partial charge in [0.15, 0.2) is 0 Å². The van der Waals surface area contributed by atoms with Crippen molar-refractivity contribution in [2.24, 2.45) is 5.73 Å². The molecule has 1 unspecified atom stereocenters. The van der Waals surface area contributed by atoms with Crippen LogP contribution >= 0.6 is 11.8 Å². The molecule has 1 heterocycles. The summed E-state index contributed by atoms with van der Waals surface area (Å²) in [5.41, 5.74) is 4.96. The fourth-order valence-corrected chi connectivity index (χ4v) is 4.57. The number of carbonyl (C=O) groups is 1. The number of hydrogen-bond acceptors (Lipinski definition) is 5. The van der Waals surface area contributed by atoms with E-state index in [0.29, 0.717) is 19.5 Å². The van der Waals surface area contributed by atoms with E-state index in [-0.39, 0.29) is 18.2 Å². The molecule has 1 aliphatic heterocycles. The van der Waals surface area contributed by atoms with Gasteiger partial charge in [-0.2, -0.15) is 11.8 Å². The zero-order valence-corrected chi connectivity index (χ0v) is 13.9. The first kappa shape index (κ1) is 17.7. The molecule has 6 nitrogen and oxygen atoms in total. The summed E-state index contributed by atoms with van der Waals surface area (Å²) in [7, 11) is -3.27. The van der Waals surface area contributed by atoms with E-state index >= 15 is 0 Å². The SMILES string of the molecule is CCCC(C)(N)C(=O)NCCS(=O)(=O)N1CCSCC1. The summed E-state index contributed by atoms with van der Waals surface area (Å²) in [6.07, 6.45) is 1.39. The van der Waals surface area contributed by atoms with Crippen molar-refractivity contribution in [2.75, 3.05) is 36.9 Å². The smallest absolute Gasteiger partial charge is 0.239 e. The summed E-state index contributed by atoms with van der Waals surface area (Å²) in [6, 6.07) is 0. The minimum atomic E-state index is -3.27. The fraction of sp³-hybridized carbons (Fsp3) is 0.917. The Morgan fingerprint density at radius 2 is 2.00 bits per heavy atom. The highest BCUT2D eigenvalue weighted by Gasteiger charge is 2.28. The van der Waals surface area contributed by atoms with Crippen LogP contribution in [0.4, 0.5) is 0 Å². The molecule has 0 aromatic rings. The molecule has 1 atom stereocenters. The Balaban J connectivity index is 2.41. The van der Waals surface area contributed by atoms with E-state index < -0.39 is 15.6 Å². The van der Waals surface area contributed by atoms with Crippen molar-refractivity contribution in [3.05, 3.63) is 0 Å². The van der Waals surface area contributed by atoms with Crippen LogP contribution < -0.4 is 11.1 Å². The van der Waals surface area contributed by atoms with Gasteiger partial charge in [-0.05, 0) is 13.3 Å². The molecule has 0 radical (unpaired) electrons. The summed E-state index contributed by atoms with van der Waals surface area (Å²) in [6.45, 7) is 4.86. The molecular formula is C12H25N3O3S2. The van der Waals surface area contributed by atoms with Crippen molar-refractivity contribution in [3.63, 3.8) is 0 Å². The number of amides is 1. The Hall–Kier alpha value is -0.310. The standard InChI is InChI=1S/C12H25N3O3S2/c1-3-4-12(2,13)11(16)14-5-10-20(17,18)15-6-8-19-9-7-15/h3-10,13H2,1-2H3,(H,14,16). The molecular weight excluding hydrogens is 298 g/mol. The molecule has 1 saturated heterocycles. The van der Waals surface area contributed by atoms with Crippen LogP contribution in [-0.4, -0.2) is 61.1 Å². The Morgan fingerprint density at radius 3 is 2.55 bits per heavy atom. The number of rotatable bonds is 7. The highest BCUT2D eigenvalue weighted by Crippen LogP contribution is 2.13. The van der Waals surface area contributed by atoms with Gasteiger partial charge in [-0.25, -0.2) is 12.7 Å². The molecule has 0 aromatic carbocycles. The van der Waals surface area contributed by atoms with Crippen molar-refractivity contribution in [1.29, 1.82) is 0 Å². The highest BCUT2D eigenvalue weighted by atomic mass is 32.2. The Kier molecular flexibility index (Phi) is 6.77. The fourth-order valence-electron chi connectivity index (χ4n) is 2.08. The number of hydrogen-bond donors (Lipinski definition) is 2. The number of thioether (sulfide) groups is 1. The summed E-state index contributed by atoms with van der Waals surface area (Å²) < 4.78 is 25.7. The lowest BCUT2D eigenvalue weighted by Gasteiger charge is -2.26. The number of nitrogens with zero attached hydrogens (tertiary/aromatic N) is 1. The third kappa shape index (κ3) is 5.23. The minimum absolute atomic E-state index is 0.0639. The maximum absolute atomic E-state index is 12.1. The van der Waals surface area contributed by atoms with Crippen LogP contribution in [0.2, 0.25) is 0 Å². The van der Waals surface area contributed by atoms with Crippen molar-refractivity contribution in [1.82, 2.24) is 9.62 Å². The summed E-state index contributed by atoms with van der Waals surface area (Å²) >= 11 is 1.76. The maximum Gasteiger partial charge on any atom is 0.239 e. The third-order valence-electron chi connectivity index (χ3n) is 3.30. The van der Waals surface area contributed by atoms with E-state index in [1.165, 1.54) is 4.31 Å². The first-order valence-corrected chi connectivity index (χ1v) is 9.69. The monoisotopic (exact) mass is 323 g/mol. The van der Waals surface area contributed by atoms with Gasteiger partial charge in [0.2, 0.25) is 15.9 Å². The molecule has 1 amide bonds. The first-order valence-electron chi connectivity index (χ1n) is 6.92. The lowest BCUT2D eigenvalue weighted by molar-refractivity contribution is -0.125. The lowest BCUT2D eigenvalue weighted by atomic mass is 9.97. The molecule has 0 saturated carbocycles. The van der Waals surface area contributed by atoms with Crippen molar-refractivity contribution in [3.8, 4) is 0 Å². The normalized spacial score (nSPS) is 20.4. The molecule has 118 valence electrons. The Labute approximate surface area is 125 Å². The minimum Gasteiger partial charge on any atom is -0.353 e. The number of nitrogens with one attached hydrogen (secondary N) is 1. The van der Waals surface area contributed by atoms with Crippen LogP contribution in [0.1, 0.15) is 26.7 Å². The van der Waals surface area contributed by atoms with E-state index in [1.54, 1.807) is 18.7 Å². The molecule has 0 spiro atoms. The molecule has 1 rings (SSSR count). The molecule has 0 bridgehead atoms. The summed E-state index contributed by atoms with van der Waals surface area (Å²) in [4.78, 5) is 11.9. The van der Waals surface area contributed by atoms with Gasteiger partial charge in [-0.1, -0.05) is 13.3 Å². The van der Waals surface area contributed by atoms with E-state index in [4.69, 9.17) is 5.73 Å². The van der Waals surface area contributed by atoms with Crippen molar-refractivity contribution >= 4 is 27.7 Å². The molecule has 8 heteroatoms. The second kappa shape index (κ2) is 7.63. The van der Waals surface area contributed by atoms with Crippen molar-refractivity contribution in [2.45, 2.75) is 32.2 Å². The van der Waals surface area contributed by atoms with Gasteiger partial charge in [0.25, 0.3) is 0 Å². The van der Waals surface area contributed by atoms with Gasteiger partial charge >= 0.3 is 0 Å². The van der Waals surface area contributed by atoms with Gasteiger partial charge in [-0.3, -0.25) is 4.79 Å². The molecule has 0 aliphatic carbocycles.